The van der Waals surface area contributed by atoms with Gasteiger partial charge < -0.3 is 10.1 Å². The van der Waals surface area contributed by atoms with Crippen LogP contribution in [0.1, 0.15) is 59.9 Å². The third kappa shape index (κ3) is 4.74. The van der Waals surface area contributed by atoms with E-state index in [4.69, 9.17) is 9.84 Å². The summed E-state index contributed by atoms with van der Waals surface area (Å²) in [6.45, 7) is 5.03. The Balaban J connectivity index is 1.52. The molecule has 150 valence electrons. The van der Waals surface area contributed by atoms with Crippen LogP contribution in [0.5, 0.6) is 0 Å². The second-order valence-corrected chi connectivity index (χ2v) is 7.79. The van der Waals surface area contributed by atoms with Crippen molar-refractivity contribution in [2.75, 3.05) is 0 Å². The Morgan fingerprint density at radius 2 is 1.79 bits per heavy atom. The molecule has 1 amide bonds. The monoisotopic (exact) mass is 389 g/mol. The van der Waals surface area contributed by atoms with E-state index in [1.54, 1.807) is 4.68 Å². The van der Waals surface area contributed by atoms with Gasteiger partial charge in [-0.1, -0.05) is 42.5 Å². The Labute approximate surface area is 171 Å². The van der Waals surface area contributed by atoms with Crippen molar-refractivity contribution in [3.05, 3.63) is 83.2 Å². The maximum absolute atomic E-state index is 13.0. The first kappa shape index (κ1) is 19.4. The smallest absolute Gasteiger partial charge is 0.270 e. The van der Waals surface area contributed by atoms with E-state index in [0.717, 1.165) is 35.3 Å². The van der Waals surface area contributed by atoms with Gasteiger partial charge >= 0.3 is 0 Å². The molecule has 0 bridgehead atoms. The van der Waals surface area contributed by atoms with Crippen molar-refractivity contribution in [2.45, 2.75) is 51.9 Å². The van der Waals surface area contributed by atoms with E-state index in [-0.39, 0.29) is 12.0 Å². The van der Waals surface area contributed by atoms with Crippen LogP contribution in [0, 0.1) is 0 Å². The lowest BCUT2D eigenvalue weighted by Crippen LogP contribution is -2.26. The Hall–Kier alpha value is -2.92. The number of aromatic nitrogens is 2. The lowest BCUT2D eigenvalue weighted by molar-refractivity contribution is 0.0651. The molecular weight excluding hydrogens is 362 g/mol. The highest BCUT2D eigenvalue weighted by Gasteiger charge is 2.29. The highest BCUT2D eigenvalue weighted by molar-refractivity contribution is 5.93. The van der Waals surface area contributed by atoms with Gasteiger partial charge in [-0.15, -0.1) is 0 Å². The molecule has 1 saturated carbocycles. The van der Waals surface area contributed by atoms with Gasteiger partial charge in [-0.25, -0.2) is 4.68 Å². The van der Waals surface area contributed by atoms with Crippen molar-refractivity contribution in [1.82, 2.24) is 15.1 Å². The van der Waals surface area contributed by atoms with Gasteiger partial charge in [0.2, 0.25) is 0 Å². The molecule has 0 saturated heterocycles. The first-order chi connectivity index (χ1) is 14.1. The molecule has 0 unspecified atom stereocenters. The summed E-state index contributed by atoms with van der Waals surface area (Å²) >= 11 is 0. The lowest BCUT2D eigenvalue weighted by Gasteiger charge is -2.13. The van der Waals surface area contributed by atoms with Crippen molar-refractivity contribution in [2.24, 2.45) is 0 Å². The quantitative estimate of drug-likeness (QED) is 0.612. The zero-order valence-electron chi connectivity index (χ0n) is 17.0. The largest absolute Gasteiger partial charge is 0.374 e. The maximum atomic E-state index is 13.0. The topological polar surface area (TPSA) is 56.1 Å². The minimum absolute atomic E-state index is 0.118. The summed E-state index contributed by atoms with van der Waals surface area (Å²) in [5, 5.41) is 7.79. The molecule has 3 aromatic rings. The van der Waals surface area contributed by atoms with Gasteiger partial charge in [0.1, 0.15) is 5.69 Å². The third-order valence-corrected chi connectivity index (χ3v) is 5.09. The van der Waals surface area contributed by atoms with Gasteiger partial charge in [-0.2, -0.15) is 5.10 Å². The number of rotatable bonds is 8. The molecule has 1 aliphatic carbocycles. The van der Waals surface area contributed by atoms with Crippen LogP contribution in [-0.4, -0.2) is 21.8 Å². The molecule has 1 aromatic heterocycles. The van der Waals surface area contributed by atoms with Gasteiger partial charge in [0.25, 0.3) is 5.91 Å². The summed E-state index contributed by atoms with van der Waals surface area (Å²) in [5.41, 5.74) is 4.64. The Kier molecular flexibility index (Phi) is 5.76. The van der Waals surface area contributed by atoms with Crippen LogP contribution in [0.2, 0.25) is 0 Å². The fourth-order valence-corrected chi connectivity index (χ4v) is 3.30. The van der Waals surface area contributed by atoms with Crippen LogP contribution in [0.15, 0.2) is 60.7 Å². The second kappa shape index (κ2) is 8.62. The zero-order chi connectivity index (χ0) is 20.2. The van der Waals surface area contributed by atoms with Crippen molar-refractivity contribution in [3.8, 4) is 5.69 Å². The number of hydrogen-bond acceptors (Lipinski definition) is 3. The molecular formula is C24H27N3O2. The van der Waals surface area contributed by atoms with Gasteiger partial charge in [0.15, 0.2) is 0 Å². The minimum atomic E-state index is -0.118. The number of carbonyl (C=O) groups excluding carboxylic acids is 1. The predicted octanol–water partition coefficient (Wildman–Crippen LogP) is 4.60. The molecule has 1 heterocycles. The number of nitrogens with one attached hydrogen (secondary N) is 1. The van der Waals surface area contributed by atoms with E-state index < -0.39 is 0 Å². The normalized spacial score (nSPS) is 13.6. The van der Waals surface area contributed by atoms with Gasteiger partial charge in [-0.05, 0) is 56.0 Å². The first-order valence-corrected chi connectivity index (χ1v) is 10.2. The maximum Gasteiger partial charge on any atom is 0.270 e. The lowest BCUT2D eigenvalue weighted by atomic mass is 10.1. The van der Waals surface area contributed by atoms with E-state index in [1.807, 2.05) is 74.5 Å². The number of nitrogens with zero attached hydrogens (tertiary/aromatic N) is 2. The fraction of sp³-hybridized carbons (Fsp3) is 0.333. The van der Waals surface area contributed by atoms with Crippen LogP contribution in [0.3, 0.4) is 0 Å². The SMILES string of the molecule is CC(C)OCc1ccccc1CNC(=O)c1cc(C2CC2)nn1-c1ccccc1. The summed E-state index contributed by atoms with van der Waals surface area (Å²) in [6.07, 6.45) is 2.46. The summed E-state index contributed by atoms with van der Waals surface area (Å²) in [4.78, 5) is 13.0. The zero-order valence-corrected chi connectivity index (χ0v) is 17.0. The molecule has 0 radical (unpaired) electrons. The summed E-state index contributed by atoms with van der Waals surface area (Å²) in [7, 11) is 0. The van der Waals surface area contributed by atoms with Crippen LogP contribution < -0.4 is 5.32 Å². The number of amides is 1. The molecule has 1 aliphatic rings. The van der Waals surface area contributed by atoms with E-state index in [0.29, 0.717) is 24.8 Å². The number of benzene rings is 2. The van der Waals surface area contributed by atoms with E-state index >= 15 is 0 Å². The van der Waals surface area contributed by atoms with Crippen LogP contribution in [0.4, 0.5) is 0 Å². The van der Waals surface area contributed by atoms with Gasteiger partial charge in [0.05, 0.1) is 24.1 Å². The number of hydrogen-bond donors (Lipinski definition) is 1. The van der Waals surface area contributed by atoms with Crippen molar-refractivity contribution < 1.29 is 9.53 Å². The highest BCUT2D eigenvalue weighted by atomic mass is 16.5. The molecule has 0 atom stereocenters. The predicted molar refractivity (Wildman–Crippen MR) is 113 cm³/mol. The van der Waals surface area contributed by atoms with Gasteiger partial charge in [0, 0.05) is 12.5 Å². The summed E-state index contributed by atoms with van der Waals surface area (Å²) in [6, 6.07) is 19.8. The summed E-state index contributed by atoms with van der Waals surface area (Å²) < 4.78 is 7.51. The average Bonchev–Trinajstić information content (AvgIpc) is 3.50. The van der Waals surface area contributed by atoms with Crippen LogP contribution >= 0.6 is 0 Å². The summed E-state index contributed by atoms with van der Waals surface area (Å²) in [5.74, 6) is 0.369. The van der Waals surface area contributed by atoms with Crippen molar-refractivity contribution in [3.63, 3.8) is 0 Å². The van der Waals surface area contributed by atoms with Crippen LogP contribution in [0.25, 0.3) is 5.69 Å². The second-order valence-electron chi connectivity index (χ2n) is 7.79. The molecule has 0 aliphatic heterocycles. The molecule has 1 N–H and O–H groups in total. The molecule has 5 nitrogen and oxygen atoms in total. The molecule has 1 fully saturated rings. The molecule has 4 rings (SSSR count). The van der Waals surface area contributed by atoms with Crippen molar-refractivity contribution >= 4 is 5.91 Å². The van der Waals surface area contributed by atoms with Gasteiger partial charge in [-0.3, -0.25) is 4.79 Å². The minimum Gasteiger partial charge on any atom is -0.374 e. The Morgan fingerprint density at radius 1 is 1.10 bits per heavy atom. The number of carbonyl (C=O) groups is 1. The van der Waals surface area contributed by atoms with E-state index in [1.165, 1.54) is 0 Å². The van der Waals surface area contributed by atoms with Crippen LogP contribution in [-0.2, 0) is 17.9 Å². The average molecular weight is 389 g/mol. The molecule has 0 spiro atoms. The first-order valence-electron chi connectivity index (χ1n) is 10.2. The fourth-order valence-electron chi connectivity index (χ4n) is 3.30. The molecule has 5 heteroatoms. The molecule has 2 aromatic carbocycles. The third-order valence-electron chi connectivity index (χ3n) is 5.09. The van der Waals surface area contributed by atoms with E-state index in [9.17, 15) is 4.79 Å². The highest BCUT2D eigenvalue weighted by Crippen LogP contribution is 2.39. The Bertz CT molecular complexity index is 975. The van der Waals surface area contributed by atoms with Crippen molar-refractivity contribution in [1.29, 1.82) is 0 Å². The number of ether oxygens (including phenoxy) is 1. The van der Waals surface area contributed by atoms with E-state index in [2.05, 4.69) is 5.32 Å². The molecule has 29 heavy (non-hydrogen) atoms. The number of para-hydroxylation sites is 1. The standard InChI is InChI=1S/C24H27N3O2/c1-17(2)29-16-20-9-7-6-8-19(20)15-25-24(28)23-14-22(18-12-13-18)26-27(23)21-10-4-3-5-11-21/h3-11,14,17-18H,12-13,15-16H2,1-2H3,(H,25,28). The Morgan fingerprint density at radius 3 is 2.48 bits per heavy atom.